The van der Waals surface area contributed by atoms with E-state index in [2.05, 4.69) is 21.1 Å². The Kier molecular flexibility index (Phi) is 3.36. The predicted octanol–water partition coefficient (Wildman–Crippen LogP) is 4.26. The molecule has 0 spiro atoms. The van der Waals surface area contributed by atoms with Crippen molar-refractivity contribution in [3.8, 4) is 10.4 Å². The average molecular weight is 327 g/mol. The molecule has 0 amide bonds. The minimum Gasteiger partial charge on any atom is -0.264 e. The third-order valence-electron chi connectivity index (χ3n) is 3.43. The Morgan fingerprint density at radius 2 is 2.14 bits per heavy atom. The highest BCUT2D eigenvalue weighted by atomic mass is 35.5. The summed E-state index contributed by atoms with van der Waals surface area (Å²) in [5.74, 6) is 0. The fourth-order valence-corrected chi connectivity index (χ4v) is 3.52. The van der Waals surface area contributed by atoms with Gasteiger partial charge in [0.05, 0.1) is 28.2 Å². The molecule has 0 aliphatic carbocycles. The molecule has 4 heterocycles. The Morgan fingerprint density at radius 3 is 2.91 bits per heavy atom. The van der Waals surface area contributed by atoms with Crippen LogP contribution in [0.2, 0.25) is 5.02 Å². The Hall–Kier alpha value is -2.24. The molecule has 0 unspecified atom stereocenters. The molecule has 0 bridgehead atoms. The molecule has 0 saturated carbocycles. The Labute approximate surface area is 136 Å². The molecule has 108 valence electrons. The molecular formula is C16H11ClN4S. The number of pyridine rings is 2. The summed E-state index contributed by atoms with van der Waals surface area (Å²) in [7, 11) is 0. The van der Waals surface area contributed by atoms with Crippen molar-refractivity contribution >= 4 is 34.0 Å². The van der Waals surface area contributed by atoms with Gasteiger partial charge in [-0.1, -0.05) is 17.7 Å². The standard InChI is InChI=1S/C16H11ClN4S/c17-13-3-5-22-16(13)12-6-15-14(19-8-12)9-20-21(15)10-11-2-1-4-18-7-11/h1-9H,10H2. The van der Waals surface area contributed by atoms with E-state index in [1.54, 1.807) is 23.7 Å². The maximum absolute atomic E-state index is 6.22. The average Bonchev–Trinajstić information content (AvgIpc) is 3.15. The number of nitrogens with zero attached hydrogens (tertiary/aromatic N) is 4. The summed E-state index contributed by atoms with van der Waals surface area (Å²) in [6, 6.07) is 7.95. The van der Waals surface area contributed by atoms with Crippen LogP contribution in [0.1, 0.15) is 5.56 Å². The highest BCUT2D eigenvalue weighted by Gasteiger charge is 2.10. The zero-order valence-corrected chi connectivity index (χ0v) is 13.1. The van der Waals surface area contributed by atoms with Gasteiger partial charge >= 0.3 is 0 Å². The first kappa shape index (κ1) is 13.4. The Morgan fingerprint density at radius 1 is 1.18 bits per heavy atom. The Balaban J connectivity index is 1.79. The van der Waals surface area contributed by atoms with E-state index in [1.165, 1.54) is 0 Å². The van der Waals surface area contributed by atoms with Crippen LogP contribution in [0.4, 0.5) is 0 Å². The lowest BCUT2D eigenvalue weighted by Gasteiger charge is -2.04. The van der Waals surface area contributed by atoms with Crippen molar-refractivity contribution in [2.24, 2.45) is 0 Å². The summed E-state index contributed by atoms with van der Waals surface area (Å²) < 4.78 is 1.93. The topological polar surface area (TPSA) is 43.6 Å². The van der Waals surface area contributed by atoms with Crippen molar-refractivity contribution in [3.05, 3.63) is 65.0 Å². The molecule has 4 aromatic rings. The molecule has 0 N–H and O–H groups in total. The van der Waals surface area contributed by atoms with Crippen LogP contribution in [0.3, 0.4) is 0 Å². The van der Waals surface area contributed by atoms with Crippen molar-refractivity contribution in [1.29, 1.82) is 0 Å². The monoisotopic (exact) mass is 326 g/mol. The van der Waals surface area contributed by atoms with Crippen LogP contribution in [-0.4, -0.2) is 19.7 Å². The molecule has 4 aromatic heterocycles. The lowest BCUT2D eigenvalue weighted by Crippen LogP contribution is -2.01. The summed E-state index contributed by atoms with van der Waals surface area (Å²) in [6.45, 7) is 0.667. The minimum atomic E-state index is 0.667. The smallest absolute Gasteiger partial charge is 0.108 e. The molecule has 0 aliphatic rings. The van der Waals surface area contributed by atoms with Crippen LogP contribution in [0.15, 0.2) is 54.4 Å². The van der Waals surface area contributed by atoms with Crippen molar-refractivity contribution in [2.45, 2.75) is 6.54 Å². The zero-order chi connectivity index (χ0) is 14.9. The SMILES string of the molecule is Clc1ccsc1-c1cnc2cnn(Cc3cccnc3)c2c1. The number of rotatable bonds is 3. The van der Waals surface area contributed by atoms with Crippen LogP contribution in [-0.2, 0) is 6.54 Å². The van der Waals surface area contributed by atoms with Gasteiger partial charge in [0.15, 0.2) is 0 Å². The molecule has 6 heteroatoms. The third-order valence-corrected chi connectivity index (χ3v) is 4.82. The molecule has 0 atom stereocenters. The molecule has 0 fully saturated rings. The van der Waals surface area contributed by atoms with E-state index in [0.717, 1.165) is 32.1 Å². The van der Waals surface area contributed by atoms with Gasteiger partial charge in [0.2, 0.25) is 0 Å². The van der Waals surface area contributed by atoms with Gasteiger partial charge in [-0.05, 0) is 29.1 Å². The predicted molar refractivity (Wildman–Crippen MR) is 89.2 cm³/mol. The number of fused-ring (bicyclic) bond motifs is 1. The van der Waals surface area contributed by atoms with Gasteiger partial charge in [0, 0.05) is 24.2 Å². The number of thiophene rings is 1. The zero-order valence-electron chi connectivity index (χ0n) is 11.5. The molecular weight excluding hydrogens is 316 g/mol. The summed E-state index contributed by atoms with van der Waals surface area (Å²) >= 11 is 7.83. The first-order valence-electron chi connectivity index (χ1n) is 6.75. The van der Waals surface area contributed by atoms with E-state index < -0.39 is 0 Å². The van der Waals surface area contributed by atoms with Crippen LogP contribution in [0.5, 0.6) is 0 Å². The number of hydrogen-bond acceptors (Lipinski definition) is 4. The molecule has 4 nitrogen and oxygen atoms in total. The van der Waals surface area contributed by atoms with Crippen molar-refractivity contribution in [3.63, 3.8) is 0 Å². The van der Waals surface area contributed by atoms with Gasteiger partial charge in [-0.15, -0.1) is 11.3 Å². The molecule has 0 radical (unpaired) electrons. The van der Waals surface area contributed by atoms with Gasteiger partial charge in [-0.25, -0.2) is 0 Å². The second-order valence-corrected chi connectivity index (χ2v) is 6.21. The summed E-state index contributed by atoms with van der Waals surface area (Å²) in [5, 5.41) is 7.17. The van der Waals surface area contributed by atoms with Crippen LogP contribution in [0, 0.1) is 0 Å². The molecule has 4 rings (SSSR count). The Bertz CT molecular complexity index is 930. The second-order valence-electron chi connectivity index (χ2n) is 4.89. The molecule has 0 aliphatic heterocycles. The number of hydrogen-bond donors (Lipinski definition) is 0. The van der Waals surface area contributed by atoms with Crippen LogP contribution >= 0.6 is 22.9 Å². The van der Waals surface area contributed by atoms with Crippen LogP contribution < -0.4 is 0 Å². The van der Waals surface area contributed by atoms with Crippen molar-refractivity contribution in [1.82, 2.24) is 19.7 Å². The highest BCUT2D eigenvalue weighted by molar-refractivity contribution is 7.14. The van der Waals surface area contributed by atoms with E-state index in [1.807, 2.05) is 40.7 Å². The lowest BCUT2D eigenvalue weighted by atomic mass is 10.2. The summed E-state index contributed by atoms with van der Waals surface area (Å²) in [4.78, 5) is 9.66. The number of aromatic nitrogens is 4. The summed E-state index contributed by atoms with van der Waals surface area (Å²) in [6.07, 6.45) is 7.24. The fourth-order valence-electron chi connectivity index (χ4n) is 2.37. The van der Waals surface area contributed by atoms with Crippen molar-refractivity contribution in [2.75, 3.05) is 0 Å². The fraction of sp³-hybridized carbons (Fsp3) is 0.0625. The van der Waals surface area contributed by atoms with E-state index in [9.17, 15) is 0 Å². The summed E-state index contributed by atoms with van der Waals surface area (Å²) in [5.41, 5.74) is 3.98. The van der Waals surface area contributed by atoms with E-state index in [4.69, 9.17) is 11.6 Å². The minimum absolute atomic E-state index is 0.667. The van der Waals surface area contributed by atoms with Gasteiger partial charge < -0.3 is 0 Å². The van der Waals surface area contributed by atoms with E-state index in [-0.39, 0.29) is 0 Å². The molecule has 22 heavy (non-hydrogen) atoms. The maximum Gasteiger partial charge on any atom is 0.108 e. The number of halogens is 1. The first-order valence-corrected chi connectivity index (χ1v) is 8.01. The van der Waals surface area contributed by atoms with Crippen molar-refractivity contribution < 1.29 is 0 Å². The van der Waals surface area contributed by atoms with Gasteiger partial charge in [-0.2, -0.15) is 5.10 Å². The largest absolute Gasteiger partial charge is 0.264 e. The second kappa shape index (κ2) is 5.51. The molecule has 0 aromatic carbocycles. The van der Waals surface area contributed by atoms with Gasteiger partial charge in [0.25, 0.3) is 0 Å². The van der Waals surface area contributed by atoms with Crippen LogP contribution in [0.25, 0.3) is 21.5 Å². The van der Waals surface area contributed by atoms with E-state index >= 15 is 0 Å². The van der Waals surface area contributed by atoms with Gasteiger partial charge in [-0.3, -0.25) is 14.6 Å². The first-order chi connectivity index (χ1) is 10.8. The quantitative estimate of drug-likeness (QED) is 0.565. The molecule has 0 saturated heterocycles. The normalized spacial score (nSPS) is 11.1. The van der Waals surface area contributed by atoms with E-state index in [0.29, 0.717) is 6.54 Å². The van der Waals surface area contributed by atoms with Gasteiger partial charge in [0.1, 0.15) is 5.52 Å². The highest BCUT2D eigenvalue weighted by Crippen LogP contribution is 2.33. The maximum atomic E-state index is 6.22. The third kappa shape index (κ3) is 2.38. The lowest BCUT2D eigenvalue weighted by molar-refractivity contribution is 0.710.